The van der Waals surface area contributed by atoms with Crippen LogP contribution in [0.3, 0.4) is 0 Å². The molecule has 108 valence electrons. The highest BCUT2D eigenvalue weighted by Gasteiger charge is 1.95. The van der Waals surface area contributed by atoms with E-state index in [9.17, 15) is 0 Å². The van der Waals surface area contributed by atoms with Crippen LogP contribution in [-0.4, -0.2) is 53.8 Å². The minimum atomic E-state index is 0.539. The van der Waals surface area contributed by atoms with Gasteiger partial charge in [0, 0.05) is 19.8 Å². The third-order valence-electron chi connectivity index (χ3n) is 2.44. The molecule has 5 nitrogen and oxygen atoms in total. The van der Waals surface area contributed by atoms with Crippen molar-refractivity contribution < 1.29 is 18.9 Å². The van der Waals surface area contributed by atoms with Crippen LogP contribution in [0.15, 0.2) is 24.3 Å². The van der Waals surface area contributed by atoms with Gasteiger partial charge in [0.05, 0.1) is 33.0 Å². The molecule has 0 aliphatic rings. The molecule has 0 aliphatic carbocycles. The van der Waals surface area contributed by atoms with Gasteiger partial charge in [-0.25, -0.2) is 0 Å². The van der Waals surface area contributed by atoms with E-state index < -0.39 is 0 Å². The Bertz CT molecular complexity index is 316. The topological polar surface area (TPSA) is 49.0 Å². The monoisotopic (exact) mass is 269 g/mol. The van der Waals surface area contributed by atoms with E-state index in [1.165, 1.54) is 0 Å². The highest BCUT2D eigenvalue weighted by molar-refractivity contribution is 5.45. The first-order valence-corrected chi connectivity index (χ1v) is 6.42. The lowest BCUT2D eigenvalue weighted by molar-refractivity contribution is 0.0180. The van der Waals surface area contributed by atoms with Crippen molar-refractivity contribution in [2.45, 2.75) is 0 Å². The maximum absolute atomic E-state index is 5.54. The van der Waals surface area contributed by atoms with Crippen molar-refractivity contribution >= 4 is 5.69 Å². The molecule has 0 amide bonds. The summed E-state index contributed by atoms with van der Waals surface area (Å²) in [5.74, 6) is 0.846. The van der Waals surface area contributed by atoms with Crippen molar-refractivity contribution in [1.82, 2.24) is 0 Å². The second kappa shape index (κ2) is 10.6. The van der Waals surface area contributed by atoms with Crippen LogP contribution in [0.4, 0.5) is 5.69 Å². The lowest BCUT2D eigenvalue weighted by Gasteiger charge is -2.08. The number of hydrogen-bond donors (Lipinski definition) is 1. The molecular weight excluding hydrogens is 246 g/mol. The first-order chi connectivity index (χ1) is 9.36. The average Bonchev–Trinajstić information content (AvgIpc) is 2.46. The van der Waals surface area contributed by atoms with Crippen LogP contribution in [0.2, 0.25) is 0 Å². The van der Waals surface area contributed by atoms with Crippen LogP contribution in [0.5, 0.6) is 5.75 Å². The lowest BCUT2D eigenvalue weighted by atomic mass is 10.3. The zero-order valence-corrected chi connectivity index (χ0v) is 11.7. The molecule has 0 spiro atoms. The van der Waals surface area contributed by atoms with Gasteiger partial charge in [-0.15, -0.1) is 0 Å². The van der Waals surface area contributed by atoms with E-state index in [-0.39, 0.29) is 0 Å². The van der Waals surface area contributed by atoms with Crippen molar-refractivity contribution in [3.63, 3.8) is 0 Å². The smallest absolute Gasteiger partial charge is 0.119 e. The number of rotatable bonds is 11. The second-order valence-electron chi connectivity index (χ2n) is 3.84. The van der Waals surface area contributed by atoms with Crippen LogP contribution >= 0.6 is 0 Å². The molecule has 0 saturated heterocycles. The van der Waals surface area contributed by atoms with Crippen LogP contribution in [0.1, 0.15) is 0 Å². The number of methoxy groups -OCH3 is 1. The van der Waals surface area contributed by atoms with Gasteiger partial charge in [0.1, 0.15) is 12.4 Å². The van der Waals surface area contributed by atoms with Gasteiger partial charge in [-0.3, -0.25) is 0 Å². The Balaban J connectivity index is 1.95. The second-order valence-corrected chi connectivity index (χ2v) is 3.84. The maximum Gasteiger partial charge on any atom is 0.119 e. The van der Waals surface area contributed by atoms with E-state index in [1.807, 2.05) is 31.3 Å². The Kier molecular flexibility index (Phi) is 8.80. The Morgan fingerprint density at radius 1 is 0.842 bits per heavy atom. The molecule has 0 aromatic heterocycles. The summed E-state index contributed by atoms with van der Waals surface area (Å²) in [5, 5.41) is 3.06. The van der Waals surface area contributed by atoms with E-state index in [0.29, 0.717) is 39.6 Å². The van der Waals surface area contributed by atoms with E-state index in [2.05, 4.69) is 5.32 Å². The number of anilines is 1. The zero-order chi connectivity index (χ0) is 13.8. The van der Waals surface area contributed by atoms with E-state index in [0.717, 1.165) is 11.4 Å². The number of nitrogens with one attached hydrogen (secondary N) is 1. The van der Waals surface area contributed by atoms with Gasteiger partial charge in [0.25, 0.3) is 0 Å². The van der Waals surface area contributed by atoms with Gasteiger partial charge >= 0.3 is 0 Å². The molecule has 0 radical (unpaired) electrons. The van der Waals surface area contributed by atoms with Crippen molar-refractivity contribution in [3.05, 3.63) is 24.3 Å². The first kappa shape index (κ1) is 15.8. The van der Waals surface area contributed by atoms with E-state index in [1.54, 1.807) is 7.11 Å². The summed E-state index contributed by atoms with van der Waals surface area (Å²) in [4.78, 5) is 0. The molecule has 1 aromatic rings. The minimum absolute atomic E-state index is 0.539. The molecule has 0 saturated carbocycles. The fourth-order valence-electron chi connectivity index (χ4n) is 1.40. The van der Waals surface area contributed by atoms with Gasteiger partial charge in [-0.05, 0) is 24.3 Å². The minimum Gasteiger partial charge on any atom is -0.491 e. The first-order valence-electron chi connectivity index (χ1n) is 6.42. The normalized spacial score (nSPS) is 10.4. The molecule has 5 heteroatoms. The van der Waals surface area contributed by atoms with Gasteiger partial charge in [0.2, 0.25) is 0 Å². The molecule has 0 heterocycles. The lowest BCUT2D eigenvalue weighted by Crippen LogP contribution is -2.12. The summed E-state index contributed by atoms with van der Waals surface area (Å²) in [5.41, 5.74) is 1.07. The van der Waals surface area contributed by atoms with Gasteiger partial charge < -0.3 is 24.3 Å². The molecule has 0 aliphatic heterocycles. The molecule has 1 rings (SSSR count). The van der Waals surface area contributed by atoms with Crippen LogP contribution in [0, 0.1) is 0 Å². The van der Waals surface area contributed by atoms with Crippen molar-refractivity contribution in [2.24, 2.45) is 0 Å². The Morgan fingerprint density at radius 2 is 1.42 bits per heavy atom. The number of benzene rings is 1. The molecule has 1 aromatic carbocycles. The summed E-state index contributed by atoms with van der Waals surface area (Å²) in [6.45, 7) is 3.48. The summed E-state index contributed by atoms with van der Waals surface area (Å²) in [6.07, 6.45) is 0. The molecular formula is C14H23NO4. The van der Waals surface area contributed by atoms with Crippen molar-refractivity contribution in [3.8, 4) is 5.75 Å². The third-order valence-corrected chi connectivity index (χ3v) is 2.44. The number of hydrogen-bond acceptors (Lipinski definition) is 5. The summed E-state index contributed by atoms with van der Waals surface area (Å²) in [7, 11) is 3.54. The highest BCUT2D eigenvalue weighted by Crippen LogP contribution is 2.14. The highest BCUT2D eigenvalue weighted by atomic mass is 16.6. The largest absolute Gasteiger partial charge is 0.491 e. The maximum atomic E-state index is 5.54. The molecule has 0 unspecified atom stereocenters. The SMILES string of the molecule is CNc1ccc(OCCOCCOCCOC)cc1. The quantitative estimate of drug-likeness (QED) is 0.621. The molecule has 0 fully saturated rings. The van der Waals surface area contributed by atoms with Crippen LogP contribution < -0.4 is 10.1 Å². The van der Waals surface area contributed by atoms with Crippen LogP contribution in [0.25, 0.3) is 0 Å². The standard InChI is InChI=1S/C14H23NO4/c1-15-13-3-5-14(6-4-13)19-12-11-18-10-9-17-8-7-16-2/h3-6,15H,7-12H2,1-2H3. The summed E-state index contributed by atoms with van der Waals surface area (Å²) in [6, 6.07) is 7.80. The third kappa shape index (κ3) is 7.66. The van der Waals surface area contributed by atoms with E-state index in [4.69, 9.17) is 18.9 Å². The van der Waals surface area contributed by atoms with Gasteiger partial charge in [-0.1, -0.05) is 0 Å². The molecule has 0 bridgehead atoms. The predicted molar refractivity (Wildman–Crippen MR) is 75.0 cm³/mol. The Hall–Kier alpha value is -1.30. The number of ether oxygens (including phenoxy) is 4. The van der Waals surface area contributed by atoms with Gasteiger partial charge in [-0.2, -0.15) is 0 Å². The van der Waals surface area contributed by atoms with Gasteiger partial charge in [0.15, 0.2) is 0 Å². The van der Waals surface area contributed by atoms with Crippen molar-refractivity contribution in [1.29, 1.82) is 0 Å². The zero-order valence-electron chi connectivity index (χ0n) is 11.7. The fraction of sp³-hybridized carbons (Fsp3) is 0.571. The summed E-state index contributed by atoms with van der Waals surface area (Å²) < 4.78 is 21.0. The predicted octanol–water partition coefficient (Wildman–Crippen LogP) is 1.79. The molecule has 0 atom stereocenters. The fourth-order valence-corrected chi connectivity index (χ4v) is 1.40. The Labute approximate surface area is 114 Å². The molecule has 19 heavy (non-hydrogen) atoms. The van der Waals surface area contributed by atoms with Crippen molar-refractivity contribution in [2.75, 3.05) is 59.1 Å². The average molecular weight is 269 g/mol. The molecule has 1 N–H and O–H groups in total. The summed E-state index contributed by atoms with van der Waals surface area (Å²) >= 11 is 0. The van der Waals surface area contributed by atoms with Crippen LogP contribution in [-0.2, 0) is 14.2 Å². The Morgan fingerprint density at radius 3 is 2.00 bits per heavy atom. The van der Waals surface area contributed by atoms with E-state index >= 15 is 0 Å².